The lowest BCUT2D eigenvalue weighted by molar-refractivity contribution is -0.129. The van der Waals surface area contributed by atoms with Crippen LogP contribution in [0.4, 0.5) is 0 Å². The average molecular weight is 180 g/mol. The van der Waals surface area contributed by atoms with Gasteiger partial charge >= 0.3 is 0 Å². The van der Waals surface area contributed by atoms with Gasteiger partial charge in [-0.25, -0.2) is 0 Å². The molecular formula is C12H20O. The molecular weight excluding hydrogens is 160 g/mol. The number of ketones is 1. The van der Waals surface area contributed by atoms with Gasteiger partial charge in [0.25, 0.3) is 0 Å². The highest BCUT2D eigenvalue weighted by Gasteiger charge is 2.41. The molecule has 0 heterocycles. The second-order valence-electron chi connectivity index (χ2n) is 5.38. The first-order valence-corrected chi connectivity index (χ1v) is 4.98. The Hall–Kier alpha value is -0.590. The molecule has 0 amide bonds. The van der Waals surface area contributed by atoms with Crippen molar-refractivity contribution in [2.24, 2.45) is 10.8 Å². The molecule has 0 atom stereocenters. The summed E-state index contributed by atoms with van der Waals surface area (Å²) in [5, 5.41) is 0. The number of carbonyl (C=O) groups excluding carboxylic acids is 1. The Balaban J connectivity index is 3.03. The SMILES string of the molecule is C/C=C1/CC(C)(C)CC(=O)C1(C)C. The second-order valence-corrected chi connectivity index (χ2v) is 5.38. The maximum atomic E-state index is 11.9. The molecule has 0 bridgehead atoms. The summed E-state index contributed by atoms with van der Waals surface area (Å²) in [6, 6.07) is 0. The number of allylic oxidation sites excluding steroid dienone is 2. The second kappa shape index (κ2) is 2.97. The Kier molecular flexibility index (Phi) is 2.40. The lowest BCUT2D eigenvalue weighted by atomic mass is 9.63. The Bertz CT molecular complexity index is 256. The largest absolute Gasteiger partial charge is 0.299 e. The fraction of sp³-hybridized carbons (Fsp3) is 0.750. The molecule has 1 saturated carbocycles. The molecule has 0 aromatic carbocycles. The highest BCUT2D eigenvalue weighted by atomic mass is 16.1. The van der Waals surface area contributed by atoms with Crippen molar-refractivity contribution in [2.45, 2.75) is 47.5 Å². The van der Waals surface area contributed by atoms with Gasteiger partial charge in [0.05, 0.1) is 0 Å². The molecule has 1 aliphatic carbocycles. The van der Waals surface area contributed by atoms with E-state index >= 15 is 0 Å². The molecule has 1 rings (SSSR count). The van der Waals surface area contributed by atoms with Crippen molar-refractivity contribution in [3.8, 4) is 0 Å². The van der Waals surface area contributed by atoms with Gasteiger partial charge in [0.2, 0.25) is 0 Å². The highest BCUT2D eigenvalue weighted by molar-refractivity contribution is 5.88. The molecule has 0 N–H and O–H groups in total. The zero-order valence-electron chi connectivity index (χ0n) is 9.40. The van der Waals surface area contributed by atoms with Gasteiger partial charge in [-0.3, -0.25) is 4.79 Å². The van der Waals surface area contributed by atoms with Gasteiger partial charge in [0.1, 0.15) is 5.78 Å². The van der Waals surface area contributed by atoms with Crippen LogP contribution in [-0.4, -0.2) is 5.78 Å². The van der Waals surface area contributed by atoms with Crippen molar-refractivity contribution in [1.82, 2.24) is 0 Å². The van der Waals surface area contributed by atoms with Gasteiger partial charge < -0.3 is 0 Å². The maximum Gasteiger partial charge on any atom is 0.143 e. The van der Waals surface area contributed by atoms with Crippen LogP contribution in [0.15, 0.2) is 11.6 Å². The molecule has 0 unspecified atom stereocenters. The van der Waals surface area contributed by atoms with Gasteiger partial charge in [-0.2, -0.15) is 0 Å². The lowest BCUT2D eigenvalue weighted by Gasteiger charge is -2.40. The zero-order valence-corrected chi connectivity index (χ0v) is 9.40. The van der Waals surface area contributed by atoms with Crippen LogP contribution in [0.1, 0.15) is 47.5 Å². The third-order valence-electron chi connectivity index (χ3n) is 3.16. The third kappa shape index (κ3) is 1.84. The summed E-state index contributed by atoms with van der Waals surface area (Å²) >= 11 is 0. The first-order valence-electron chi connectivity index (χ1n) is 4.98. The molecule has 74 valence electrons. The van der Waals surface area contributed by atoms with E-state index in [1.54, 1.807) is 0 Å². The first-order chi connectivity index (χ1) is 5.79. The Morgan fingerprint density at radius 2 is 1.69 bits per heavy atom. The molecule has 0 aromatic heterocycles. The highest BCUT2D eigenvalue weighted by Crippen LogP contribution is 2.45. The number of Topliss-reactive ketones (excluding diaryl/α,β-unsaturated/α-hetero) is 1. The number of carbonyl (C=O) groups is 1. The fourth-order valence-electron chi connectivity index (χ4n) is 2.10. The quantitative estimate of drug-likeness (QED) is 0.522. The lowest BCUT2D eigenvalue weighted by Crippen LogP contribution is -2.38. The van der Waals surface area contributed by atoms with E-state index in [4.69, 9.17) is 0 Å². The Morgan fingerprint density at radius 1 is 1.15 bits per heavy atom. The molecule has 0 spiro atoms. The molecule has 0 aliphatic heterocycles. The van der Waals surface area contributed by atoms with E-state index in [1.807, 2.05) is 20.8 Å². The van der Waals surface area contributed by atoms with Crippen LogP contribution in [-0.2, 0) is 4.79 Å². The van der Waals surface area contributed by atoms with Crippen molar-refractivity contribution < 1.29 is 4.79 Å². The van der Waals surface area contributed by atoms with E-state index in [-0.39, 0.29) is 10.8 Å². The fourth-order valence-corrected chi connectivity index (χ4v) is 2.10. The summed E-state index contributed by atoms with van der Waals surface area (Å²) in [4.78, 5) is 11.9. The van der Waals surface area contributed by atoms with Crippen molar-refractivity contribution in [3.63, 3.8) is 0 Å². The topological polar surface area (TPSA) is 17.1 Å². The summed E-state index contributed by atoms with van der Waals surface area (Å²) in [5.74, 6) is 0.386. The van der Waals surface area contributed by atoms with Crippen LogP contribution in [0.5, 0.6) is 0 Å². The molecule has 1 nitrogen and oxygen atoms in total. The van der Waals surface area contributed by atoms with E-state index in [0.29, 0.717) is 5.78 Å². The predicted octanol–water partition coefficient (Wildman–Crippen LogP) is 3.35. The first kappa shape index (κ1) is 10.5. The van der Waals surface area contributed by atoms with Crippen LogP contribution < -0.4 is 0 Å². The molecule has 1 heteroatoms. The van der Waals surface area contributed by atoms with Gasteiger partial charge in [-0.05, 0) is 32.6 Å². The van der Waals surface area contributed by atoms with Gasteiger partial charge in [0, 0.05) is 11.8 Å². The number of hydrogen-bond acceptors (Lipinski definition) is 1. The van der Waals surface area contributed by atoms with Crippen LogP contribution in [0.3, 0.4) is 0 Å². The van der Waals surface area contributed by atoms with Crippen molar-refractivity contribution in [3.05, 3.63) is 11.6 Å². The van der Waals surface area contributed by atoms with Gasteiger partial charge in [-0.1, -0.05) is 25.5 Å². The summed E-state index contributed by atoms with van der Waals surface area (Å²) in [6.45, 7) is 10.5. The monoisotopic (exact) mass is 180 g/mol. The normalized spacial score (nSPS) is 29.3. The van der Waals surface area contributed by atoms with E-state index in [1.165, 1.54) is 5.57 Å². The van der Waals surface area contributed by atoms with E-state index in [9.17, 15) is 4.79 Å². The minimum atomic E-state index is -0.218. The minimum absolute atomic E-state index is 0.161. The molecule has 0 saturated heterocycles. The van der Waals surface area contributed by atoms with Crippen LogP contribution in [0.25, 0.3) is 0 Å². The summed E-state index contributed by atoms with van der Waals surface area (Å²) in [6.07, 6.45) is 3.89. The average Bonchev–Trinajstić information content (AvgIpc) is 1.97. The van der Waals surface area contributed by atoms with E-state index in [2.05, 4.69) is 19.9 Å². The predicted molar refractivity (Wildman–Crippen MR) is 55.6 cm³/mol. The Labute approximate surface area is 81.2 Å². The molecule has 1 fully saturated rings. The van der Waals surface area contributed by atoms with Crippen LogP contribution in [0, 0.1) is 10.8 Å². The summed E-state index contributed by atoms with van der Waals surface area (Å²) in [7, 11) is 0. The standard InChI is InChI=1S/C12H20O/c1-6-9-7-11(2,3)8-10(13)12(9,4)5/h6H,7-8H2,1-5H3/b9-6-. The molecule has 1 aliphatic rings. The molecule has 0 radical (unpaired) electrons. The van der Waals surface area contributed by atoms with Gasteiger partial charge in [-0.15, -0.1) is 0 Å². The third-order valence-corrected chi connectivity index (χ3v) is 3.16. The maximum absolute atomic E-state index is 11.9. The van der Waals surface area contributed by atoms with Crippen molar-refractivity contribution >= 4 is 5.78 Å². The zero-order chi connectivity index (χ0) is 10.3. The summed E-state index contributed by atoms with van der Waals surface area (Å²) < 4.78 is 0. The van der Waals surface area contributed by atoms with Crippen LogP contribution >= 0.6 is 0 Å². The van der Waals surface area contributed by atoms with Gasteiger partial charge in [0.15, 0.2) is 0 Å². The summed E-state index contributed by atoms with van der Waals surface area (Å²) in [5.41, 5.74) is 1.24. The molecule has 0 aromatic rings. The molecule has 13 heavy (non-hydrogen) atoms. The number of hydrogen-bond donors (Lipinski definition) is 0. The smallest absolute Gasteiger partial charge is 0.143 e. The Morgan fingerprint density at radius 3 is 2.15 bits per heavy atom. The van der Waals surface area contributed by atoms with Crippen LogP contribution in [0.2, 0.25) is 0 Å². The van der Waals surface area contributed by atoms with E-state index in [0.717, 1.165) is 12.8 Å². The van der Waals surface area contributed by atoms with E-state index < -0.39 is 0 Å². The number of rotatable bonds is 0. The minimum Gasteiger partial charge on any atom is -0.299 e. The van der Waals surface area contributed by atoms with Crippen molar-refractivity contribution in [1.29, 1.82) is 0 Å². The van der Waals surface area contributed by atoms with Crippen molar-refractivity contribution in [2.75, 3.05) is 0 Å².